The fraction of sp³-hybridized carbons (Fsp3) is 1.00. The van der Waals surface area contributed by atoms with Crippen molar-refractivity contribution in [2.45, 2.75) is 59.5 Å². The average Bonchev–Trinajstić information content (AvgIpc) is 2.12. The molecular formula is C12H28N2O2S. The van der Waals surface area contributed by atoms with Gasteiger partial charge in [0, 0.05) is 18.6 Å². The second-order valence-electron chi connectivity index (χ2n) is 5.42. The van der Waals surface area contributed by atoms with E-state index in [1.54, 1.807) is 0 Å². The van der Waals surface area contributed by atoms with Crippen LogP contribution >= 0.6 is 0 Å². The SMILES string of the molecule is CC(C)CCC(C)NS(=O)(=O)CCNC(C)C. The summed E-state index contributed by atoms with van der Waals surface area (Å²) in [5.41, 5.74) is 0. The van der Waals surface area contributed by atoms with Gasteiger partial charge in [-0.25, -0.2) is 13.1 Å². The summed E-state index contributed by atoms with van der Waals surface area (Å²) in [7, 11) is -3.14. The van der Waals surface area contributed by atoms with Crippen molar-refractivity contribution in [2.24, 2.45) is 5.92 Å². The molecule has 0 saturated heterocycles. The lowest BCUT2D eigenvalue weighted by Crippen LogP contribution is -2.38. The van der Waals surface area contributed by atoms with Crippen molar-refractivity contribution < 1.29 is 8.42 Å². The number of sulfonamides is 1. The van der Waals surface area contributed by atoms with Crippen molar-refractivity contribution in [3.05, 3.63) is 0 Å². The van der Waals surface area contributed by atoms with Crippen molar-refractivity contribution in [2.75, 3.05) is 12.3 Å². The van der Waals surface area contributed by atoms with Crippen LogP contribution in [0.1, 0.15) is 47.5 Å². The summed E-state index contributed by atoms with van der Waals surface area (Å²) in [6.07, 6.45) is 1.95. The zero-order valence-corrected chi connectivity index (χ0v) is 12.6. The summed E-state index contributed by atoms with van der Waals surface area (Å²) in [5.74, 6) is 0.765. The van der Waals surface area contributed by atoms with E-state index in [-0.39, 0.29) is 11.8 Å². The minimum Gasteiger partial charge on any atom is -0.313 e. The Labute approximate surface area is 107 Å². The van der Waals surface area contributed by atoms with Crippen LogP contribution in [0.5, 0.6) is 0 Å². The molecule has 17 heavy (non-hydrogen) atoms. The third-order valence-electron chi connectivity index (χ3n) is 2.48. The maximum absolute atomic E-state index is 11.7. The predicted molar refractivity (Wildman–Crippen MR) is 73.6 cm³/mol. The number of nitrogens with one attached hydrogen (secondary N) is 2. The quantitative estimate of drug-likeness (QED) is 0.667. The van der Waals surface area contributed by atoms with E-state index in [0.717, 1.165) is 12.8 Å². The van der Waals surface area contributed by atoms with Crippen LogP contribution in [-0.4, -0.2) is 32.8 Å². The largest absolute Gasteiger partial charge is 0.313 e. The Morgan fingerprint density at radius 2 is 1.59 bits per heavy atom. The highest BCUT2D eigenvalue weighted by atomic mass is 32.2. The van der Waals surface area contributed by atoms with Gasteiger partial charge in [0.15, 0.2) is 0 Å². The molecule has 1 atom stereocenters. The minimum atomic E-state index is -3.14. The molecule has 0 heterocycles. The van der Waals surface area contributed by atoms with Crippen LogP contribution in [0, 0.1) is 5.92 Å². The Balaban J connectivity index is 3.91. The van der Waals surface area contributed by atoms with Crippen molar-refractivity contribution in [1.29, 1.82) is 0 Å². The van der Waals surface area contributed by atoms with E-state index >= 15 is 0 Å². The van der Waals surface area contributed by atoms with Gasteiger partial charge in [0.1, 0.15) is 0 Å². The fourth-order valence-corrected chi connectivity index (χ4v) is 2.73. The molecule has 0 spiro atoms. The van der Waals surface area contributed by atoms with E-state index in [4.69, 9.17) is 0 Å². The summed E-state index contributed by atoms with van der Waals surface area (Å²) in [6, 6.07) is 0.352. The van der Waals surface area contributed by atoms with E-state index in [1.807, 2.05) is 20.8 Å². The van der Waals surface area contributed by atoms with Crippen LogP contribution < -0.4 is 10.0 Å². The van der Waals surface area contributed by atoms with Crippen LogP contribution in [0.25, 0.3) is 0 Å². The van der Waals surface area contributed by atoms with Gasteiger partial charge in [-0.15, -0.1) is 0 Å². The molecule has 0 amide bonds. The van der Waals surface area contributed by atoms with Gasteiger partial charge >= 0.3 is 0 Å². The summed E-state index contributed by atoms with van der Waals surface area (Å²) >= 11 is 0. The molecule has 104 valence electrons. The summed E-state index contributed by atoms with van der Waals surface area (Å²) < 4.78 is 26.1. The molecule has 0 bridgehead atoms. The van der Waals surface area contributed by atoms with E-state index in [2.05, 4.69) is 23.9 Å². The maximum atomic E-state index is 11.7. The number of hydrogen-bond donors (Lipinski definition) is 2. The lowest BCUT2D eigenvalue weighted by atomic mass is 10.1. The van der Waals surface area contributed by atoms with Crippen LogP contribution in [-0.2, 0) is 10.0 Å². The molecular weight excluding hydrogens is 236 g/mol. The Morgan fingerprint density at radius 3 is 2.06 bits per heavy atom. The third-order valence-corrected chi connectivity index (χ3v) is 3.98. The highest BCUT2D eigenvalue weighted by Gasteiger charge is 2.14. The molecule has 0 aromatic carbocycles. The molecule has 0 aliphatic heterocycles. The van der Waals surface area contributed by atoms with Gasteiger partial charge in [0.25, 0.3) is 0 Å². The highest BCUT2D eigenvalue weighted by molar-refractivity contribution is 7.89. The van der Waals surface area contributed by atoms with E-state index in [1.165, 1.54) is 0 Å². The Kier molecular flexibility index (Phi) is 8.00. The number of rotatable bonds is 9. The van der Waals surface area contributed by atoms with Gasteiger partial charge in [-0.3, -0.25) is 0 Å². The zero-order chi connectivity index (χ0) is 13.5. The summed E-state index contributed by atoms with van der Waals surface area (Å²) in [6.45, 7) is 10.7. The molecule has 2 N–H and O–H groups in total. The maximum Gasteiger partial charge on any atom is 0.213 e. The van der Waals surface area contributed by atoms with Crippen molar-refractivity contribution in [1.82, 2.24) is 10.0 Å². The van der Waals surface area contributed by atoms with Crippen LogP contribution in [0.3, 0.4) is 0 Å². The smallest absolute Gasteiger partial charge is 0.213 e. The topological polar surface area (TPSA) is 58.2 Å². The predicted octanol–water partition coefficient (Wildman–Crippen LogP) is 1.73. The average molecular weight is 264 g/mol. The molecule has 1 unspecified atom stereocenters. The molecule has 0 aliphatic carbocycles. The van der Waals surface area contributed by atoms with Crippen molar-refractivity contribution >= 4 is 10.0 Å². The second kappa shape index (κ2) is 8.06. The van der Waals surface area contributed by atoms with Gasteiger partial charge in [-0.1, -0.05) is 27.7 Å². The first-order chi connectivity index (χ1) is 7.73. The summed E-state index contributed by atoms with van der Waals surface area (Å²) in [4.78, 5) is 0. The molecule has 4 nitrogen and oxygen atoms in total. The zero-order valence-electron chi connectivity index (χ0n) is 11.8. The normalized spacial score (nSPS) is 14.5. The summed E-state index contributed by atoms with van der Waals surface area (Å²) in [5, 5.41) is 3.11. The molecule has 0 rings (SSSR count). The van der Waals surface area contributed by atoms with Gasteiger partial charge in [-0.05, 0) is 25.7 Å². The Hall–Kier alpha value is -0.130. The number of hydrogen-bond acceptors (Lipinski definition) is 3. The standard InChI is InChI=1S/C12H28N2O2S/c1-10(2)6-7-12(5)14-17(15,16)9-8-13-11(3)4/h10-14H,6-9H2,1-5H3. The lowest BCUT2D eigenvalue weighted by Gasteiger charge is -2.16. The molecule has 0 radical (unpaired) electrons. The molecule has 5 heteroatoms. The fourth-order valence-electron chi connectivity index (χ4n) is 1.49. The van der Waals surface area contributed by atoms with E-state index < -0.39 is 10.0 Å². The second-order valence-corrected chi connectivity index (χ2v) is 7.29. The monoisotopic (exact) mass is 264 g/mol. The van der Waals surface area contributed by atoms with Crippen molar-refractivity contribution in [3.8, 4) is 0 Å². The first-order valence-corrected chi connectivity index (χ1v) is 8.11. The Morgan fingerprint density at radius 1 is 1.00 bits per heavy atom. The minimum absolute atomic E-state index is 0.0291. The Bertz CT molecular complexity index is 287. The lowest BCUT2D eigenvalue weighted by molar-refractivity contribution is 0.484. The molecule has 0 aromatic heterocycles. The van der Waals surface area contributed by atoms with Gasteiger partial charge in [0.2, 0.25) is 10.0 Å². The highest BCUT2D eigenvalue weighted by Crippen LogP contribution is 2.07. The molecule has 0 aromatic rings. The molecule has 0 aliphatic rings. The van der Waals surface area contributed by atoms with E-state index in [0.29, 0.717) is 18.5 Å². The molecule has 0 saturated carbocycles. The van der Waals surface area contributed by atoms with Crippen LogP contribution in [0.2, 0.25) is 0 Å². The van der Waals surface area contributed by atoms with Gasteiger partial charge < -0.3 is 5.32 Å². The van der Waals surface area contributed by atoms with Gasteiger partial charge in [-0.2, -0.15) is 0 Å². The third kappa shape index (κ3) is 10.7. The van der Waals surface area contributed by atoms with Crippen LogP contribution in [0.4, 0.5) is 0 Å². The van der Waals surface area contributed by atoms with Crippen LogP contribution in [0.15, 0.2) is 0 Å². The first kappa shape index (κ1) is 16.9. The van der Waals surface area contributed by atoms with E-state index in [9.17, 15) is 8.42 Å². The van der Waals surface area contributed by atoms with Gasteiger partial charge in [0.05, 0.1) is 5.75 Å². The first-order valence-electron chi connectivity index (χ1n) is 6.46. The van der Waals surface area contributed by atoms with Crippen molar-refractivity contribution in [3.63, 3.8) is 0 Å². The molecule has 0 fully saturated rings.